The Balaban J connectivity index is 2.37. The number of benzene rings is 1. The first-order valence-electron chi connectivity index (χ1n) is 6.29. The van der Waals surface area contributed by atoms with E-state index in [1.807, 2.05) is 52.1 Å². The van der Waals surface area contributed by atoms with Gasteiger partial charge in [0.1, 0.15) is 6.29 Å². The fraction of sp³-hybridized carbons (Fsp3) is 0.500. The summed E-state index contributed by atoms with van der Waals surface area (Å²) in [6, 6.07) is 5.77. The van der Waals surface area contributed by atoms with E-state index in [9.17, 15) is 4.79 Å². The van der Waals surface area contributed by atoms with Crippen molar-refractivity contribution in [1.29, 1.82) is 0 Å². The van der Waals surface area contributed by atoms with E-state index < -0.39 is 18.3 Å². The lowest BCUT2D eigenvalue weighted by Gasteiger charge is -2.32. The second-order valence-electron chi connectivity index (χ2n) is 5.70. The lowest BCUT2D eigenvalue weighted by molar-refractivity contribution is 0.00578. The molecule has 0 N–H and O–H groups in total. The molecule has 1 aromatic rings. The van der Waals surface area contributed by atoms with Gasteiger partial charge in [-0.1, -0.05) is 6.07 Å². The second-order valence-corrected chi connectivity index (χ2v) is 6.58. The number of hydrogen-bond acceptors (Lipinski definition) is 4. The maximum atomic E-state index is 11.3. The van der Waals surface area contributed by atoms with Crippen LogP contribution >= 0.6 is 11.8 Å². The Morgan fingerprint density at radius 2 is 1.74 bits per heavy atom. The summed E-state index contributed by atoms with van der Waals surface area (Å²) in [5.74, 6) is 0. The summed E-state index contributed by atoms with van der Waals surface area (Å²) in [6.07, 6.45) is 2.85. The minimum atomic E-state index is -0.485. The van der Waals surface area contributed by atoms with E-state index in [0.29, 0.717) is 5.56 Å². The van der Waals surface area contributed by atoms with Crippen molar-refractivity contribution in [2.45, 2.75) is 43.8 Å². The van der Waals surface area contributed by atoms with Crippen molar-refractivity contribution in [1.82, 2.24) is 0 Å². The van der Waals surface area contributed by atoms with Gasteiger partial charge in [-0.25, -0.2) is 0 Å². The zero-order valence-electron chi connectivity index (χ0n) is 12.0. The van der Waals surface area contributed by atoms with Gasteiger partial charge in [0.15, 0.2) is 0 Å². The molecule has 1 heterocycles. The third-order valence-corrected chi connectivity index (χ3v) is 4.65. The molecule has 0 atom stereocenters. The average molecular weight is 278 g/mol. The molecule has 1 aromatic carbocycles. The third-order valence-electron chi connectivity index (χ3n) is 3.93. The van der Waals surface area contributed by atoms with Crippen LogP contribution in [0.25, 0.3) is 0 Å². The Kier molecular flexibility index (Phi) is 3.82. The van der Waals surface area contributed by atoms with Crippen molar-refractivity contribution in [3.63, 3.8) is 0 Å². The first kappa shape index (κ1) is 14.6. The second kappa shape index (κ2) is 4.96. The van der Waals surface area contributed by atoms with E-state index in [-0.39, 0.29) is 0 Å². The first-order chi connectivity index (χ1) is 8.80. The van der Waals surface area contributed by atoms with Crippen molar-refractivity contribution in [3.05, 3.63) is 23.8 Å². The fourth-order valence-electron chi connectivity index (χ4n) is 1.97. The smallest absolute Gasteiger partial charge is 0.399 e. The van der Waals surface area contributed by atoms with Crippen LogP contribution in [0.15, 0.2) is 23.1 Å². The molecule has 5 heteroatoms. The number of carbonyl (C=O) groups excluding carboxylic acids is 1. The number of hydrogen-bond donors (Lipinski definition) is 0. The summed E-state index contributed by atoms with van der Waals surface area (Å²) in [4.78, 5) is 12.3. The van der Waals surface area contributed by atoms with Crippen LogP contribution < -0.4 is 5.46 Å². The maximum Gasteiger partial charge on any atom is 0.495 e. The van der Waals surface area contributed by atoms with E-state index in [0.717, 1.165) is 16.6 Å². The van der Waals surface area contributed by atoms with Crippen molar-refractivity contribution in [2.24, 2.45) is 0 Å². The molecule has 0 radical (unpaired) electrons. The van der Waals surface area contributed by atoms with Crippen LogP contribution in [0, 0.1) is 0 Å². The molecule has 1 fully saturated rings. The quantitative estimate of drug-likeness (QED) is 0.483. The summed E-state index contributed by atoms with van der Waals surface area (Å²) in [6.45, 7) is 8.02. The molecule has 3 nitrogen and oxygen atoms in total. The van der Waals surface area contributed by atoms with Crippen LogP contribution in [0.2, 0.25) is 0 Å². The number of aldehydes is 1. The molecular formula is C14H19BO3S. The van der Waals surface area contributed by atoms with Gasteiger partial charge >= 0.3 is 7.12 Å². The highest BCUT2D eigenvalue weighted by molar-refractivity contribution is 7.98. The Labute approximate surface area is 119 Å². The fourth-order valence-corrected chi connectivity index (χ4v) is 2.42. The monoisotopic (exact) mass is 278 g/mol. The van der Waals surface area contributed by atoms with Crippen LogP contribution in [-0.4, -0.2) is 30.9 Å². The number of carbonyl (C=O) groups is 1. The average Bonchev–Trinajstić information content (AvgIpc) is 2.57. The van der Waals surface area contributed by atoms with Crippen molar-refractivity contribution < 1.29 is 14.1 Å². The van der Waals surface area contributed by atoms with Crippen molar-refractivity contribution in [2.75, 3.05) is 6.26 Å². The molecule has 0 unspecified atom stereocenters. The number of rotatable bonds is 3. The molecule has 0 aliphatic carbocycles. The molecule has 1 aliphatic rings. The molecular weight excluding hydrogens is 259 g/mol. The molecule has 1 saturated heterocycles. The van der Waals surface area contributed by atoms with Gasteiger partial charge in [-0.3, -0.25) is 4.79 Å². The Morgan fingerprint density at radius 1 is 1.16 bits per heavy atom. The van der Waals surface area contributed by atoms with E-state index in [2.05, 4.69) is 0 Å². The molecule has 1 aliphatic heterocycles. The minimum Gasteiger partial charge on any atom is -0.399 e. The Hall–Kier alpha value is -0.775. The van der Waals surface area contributed by atoms with Gasteiger partial charge in [-0.15, -0.1) is 11.8 Å². The normalized spacial score (nSPS) is 20.6. The summed E-state index contributed by atoms with van der Waals surface area (Å²) in [5.41, 5.74) is 0.642. The molecule has 0 saturated carbocycles. The highest BCUT2D eigenvalue weighted by Gasteiger charge is 2.52. The Morgan fingerprint density at radius 3 is 2.21 bits per heavy atom. The third kappa shape index (κ3) is 2.60. The minimum absolute atomic E-state index is 0.393. The molecule has 0 bridgehead atoms. The van der Waals surface area contributed by atoms with Crippen LogP contribution in [-0.2, 0) is 9.31 Å². The molecule has 0 amide bonds. The van der Waals surface area contributed by atoms with Gasteiger partial charge in [0, 0.05) is 10.5 Å². The van der Waals surface area contributed by atoms with Crippen molar-refractivity contribution >= 4 is 30.6 Å². The largest absolute Gasteiger partial charge is 0.495 e. The lowest BCUT2D eigenvalue weighted by atomic mass is 9.76. The molecule has 19 heavy (non-hydrogen) atoms. The topological polar surface area (TPSA) is 35.5 Å². The first-order valence-corrected chi connectivity index (χ1v) is 7.52. The van der Waals surface area contributed by atoms with Crippen LogP contribution in [0.1, 0.15) is 38.1 Å². The standard InChI is InChI=1S/C14H19BO3S/c1-13(2)14(3,4)18-15(17-13)12-7-6-11(19-5)8-10(12)9-16/h6-9H,1-5H3. The summed E-state index contributed by atoms with van der Waals surface area (Å²) in [7, 11) is -0.485. The predicted octanol–water partition coefficient (Wildman–Crippen LogP) is 2.52. The van der Waals surface area contributed by atoms with Gasteiger partial charge in [-0.2, -0.15) is 0 Å². The number of thioether (sulfide) groups is 1. The molecule has 0 aromatic heterocycles. The molecule has 102 valence electrons. The van der Waals surface area contributed by atoms with Gasteiger partial charge < -0.3 is 9.31 Å². The van der Waals surface area contributed by atoms with Crippen LogP contribution in [0.4, 0.5) is 0 Å². The Bertz CT molecular complexity index is 483. The summed E-state index contributed by atoms with van der Waals surface area (Å²) >= 11 is 1.61. The zero-order chi connectivity index (χ0) is 14.3. The molecule has 2 rings (SSSR count). The summed E-state index contributed by atoms with van der Waals surface area (Å²) in [5, 5.41) is 0. The van der Waals surface area contributed by atoms with E-state index in [1.165, 1.54) is 0 Å². The van der Waals surface area contributed by atoms with Gasteiger partial charge in [0.05, 0.1) is 11.2 Å². The molecule has 0 spiro atoms. The van der Waals surface area contributed by atoms with E-state index in [1.54, 1.807) is 11.8 Å². The van der Waals surface area contributed by atoms with Crippen molar-refractivity contribution in [3.8, 4) is 0 Å². The SMILES string of the molecule is CSc1ccc(B2OC(C)(C)C(C)(C)O2)c(C=O)c1. The highest BCUT2D eigenvalue weighted by atomic mass is 32.2. The van der Waals surface area contributed by atoms with E-state index >= 15 is 0 Å². The van der Waals surface area contributed by atoms with Gasteiger partial charge in [0.2, 0.25) is 0 Å². The zero-order valence-corrected chi connectivity index (χ0v) is 12.8. The van der Waals surface area contributed by atoms with E-state index in [4.69, 9.17) is 9.31 Å². The van der Waals surface area contributed by atoms with Gasteiger partial charge in [0.25, 0.3) is 0 Å². The van der Waals surface area contributed by atoms with Crippen LogP contribution in [0.5, 0.6) is 0 Å². The summed E-state index contributed by atoms with van der Waals surface area (Å²) < 4.78 is 12.0. The lowest BCUT2D eigenvalue weighted by Crippen LogP contribution is -2.41. The highest BCUT2D eigenvalue weighted by Crippen LogP contribution is 2.36. The predicted molar refractivity (Wildman–Crippen MR) is 79.3 cm³/mol. The maximum absolute atomic E-state index is 11.3. The van der Waals surface area contributed by atoms with Gasteiger partial charge in [-0.05, 0) is 51.5 Å². The van der Waals surface area contributed by atoms with Crippen LogP contribution in [0.3, 0.4) is 0 Å².